The van der Waals surface area contributed by atoms with Crippen molar-refractivity contribution in [2.75, 3.05) is 32.8 Å². The second-order valence-corrected chi connectivity index (χ2v) is 6.65. The van der Waals surface area contributed by atoms with E-state index in [1.54, 1.807) is 0 Å². The molecule has 0 radical (unpaired) electrons. The van der Waals surface area contributed by atoms with Crippen LogP contribution in [0.4, 0.5) is 0 Å². The third-order valence-corrected chi connectivity index (χ3v) is 5.09. The molecule has 1 aliphatic carbocycles. The fraction of sp³-hybridized carbons (Fsp3) is 1.00. The lowest BCUT2D eigenvalue weighted by molar-refractivity contribution is -0.0265. The summed E-state index contributed by atoms with van der Waals surface area (Å²) in [7, 11) is 0. The molecule has 3 nitrogen and oxygen atoms in total. The first-order valence-electron chi connectivity index (χ1n) is 8.89. The second-order valence-electron chi connectivity index (χ2n) is 6.65. The van der Waals surface area contributed by atoms with Crippen molar-refractivity contribution in [3.8, 4) is 0 Å². The molecule has 1 saturated carbocycles. The van der Waals surface area contributed by atoms with Gasteiger partial charge in [-0.15, -0.1) is 0 Å². The first kappa shape index (κ1) is 16.3. The molecule has 20 heavy (non-hydrogen) atoms. The van der Waals surface area contributed by atoms with E-state index < -0.39 is 0 Å². The average Bonchev–Trinajstić information content (AvgIpc) is 2.71. The number of morpholine rings is 1. The van der Waals surface area contributed by atoms with Crippen molar-refractivity contribution in [3.05, 3.63) is 0 Å². The summed E-state index contributed by atoms with van der Waals surface area (Å²) in [6, 6.07) is 0.734. The molecule has 2 fully saturated rings. The monoisotopic (exact) mass is 282 g/mol. The maximum Gasteiger partial charge on any atom is 0.0826 e. The van der Waals surface area contributed by atoms with Crippen LogP contribution in [0.2, 0.25) is 0 Å². The summed E-state index contributed by atoms with van der Waals surface area (Å²) in [6.45, 7) is 9.88. The Morgan fingerprint density at radius 3 is 2.85 bits per heavy atom. The fourth-order valence-electron chi connectivity index (χ4n) is 3.77. The molecule has 1 aliphatic heterocycles. The first-order chi connectivity index (χ1) is 9.81. The summed E-state index contributed by atoms with van der Waals surface area (Å²) in [6.07, 6.45) is 10.2. The highest BCUT2D eigenvalue weighted by Crippen LogP contribution is 2.26. The smallest absolute Gasteiger partial charge is 0.0826 e. The van der Waals surface area contributed by atoms with E-state index in [9.17, 15) is 0 Å². The SMILES string of the molecule is CCCC1CCCC(NCC2CN(CC)CCO2)CC1. The van der Waals surface area contributed by atoms with Crippen molar-refractivity contribution in [1.29, 1.82) is 0 Å². The molecule has 1 heterocycles. The van der Waals surface area contributed by atoms with Crippen molar-refractivity contribution >= 4 is 0 Å². The summed E-state index contributed by atoms with van der Waals surface area (Å²) in [4.78, 5) is 2.50. The molecule has 2 aliphatic rings. The number of ether oxygens (including phenoxy) is 1. The molecule has 0 aromatic heterocycles. The highest BCUT2D eigenvalue weighted by atomic mass is 16.5. The van der Waals surface area contributed by atoms with Crippen LogP contribution in [0, 0.1) is 5.92 Å². The van der Waals surface area contributed by atoms with Gasteiger partial charge in [-0.25, -0.2) is 0 Å². The minimum Gasteiger partial charge on any atom is -0.374 e. The molecule has 3 unspecified atom stereocenters. The Hall–Kier alpha value is -0.120. The van der Waals surface area contributed by atoms with Crippen LogP contribution in [0.15, 0.2) is 0 Å². The highest BCUT2D eigenvalue weighted by Gasteiger charge is 2.22. The van der Waals surface area contributed by atoms with Crippen LogP contribution in [0.3, 0.4) is 0 Å². The average molecular weight is 282 g/mol. The quantitative estimate of drug-likeness (QED) is 0.758. The normalized spacial score (nSPS) is 33.0. The van der Waals surface area contributed by atoms with Gasteiger partial charge in [-0.3, -0.25) is 4.90 Å². The van der Waals surface area contributed by atoms with Crippen molar-refractivity contribution < 1.29 is 4.74 Å². The molecule has 0 spiro atoms. The molecule has 3 heteroatoms. The van der Waals surface area contributed by atoms with Crippen molar-refractivity contribution in [2.45, 2.75) is 70.9 Å². The number of nitrogens with one attached hydrogen (secondary N) is 1. The molecular formula is C17H34N2O. The van der Waals surface area contributed by atoms with E-state index >= 15 is 0 Å². The van der Waals surface area contributed by atoms with Gasteiger partial charge in [0.1, 0.15) is 0 Å². The lowest BCUT2D eigenvalue weighted by Gasteiger charge is -2.33. The van der Waals surface area contributed by atoms with Gasteiger partial charge in [0.15, 0.2) is 0 Å². The molecule has 118 valence electrons. The molecule has 2 rings (SSSR count). The van der Waals surface area contributed by atoms with E-state index in [0.29, 0.717) is 6.10 Å². The van der Waals surface area contributed by atoms with Gasteiger partial charge in [0.2, 0.25) is 0 Å². The second kappa shape index (κ2) is 9.01. The number of nitrogens with zero attached hydrogens (tertiary/aromatic N) is 1. The van der Waals surface area contributed by atoms with Crippen LogP contribution in [0.5, 0.6) is 0 Å². The predicted octanol–water partition coefficient (Wildman–Crippen LogP) is 3.05. The minimum atomic E-state index is 0.401. The topological polar surface area (TPSA) is 24.5 Å². The van der Waals surface area contributed by atoms with Crippen LogP contribution in [-0.4, -0.2) is 49.8 Å². The number of hydrogen-bond acceptors (Lipinski definition) is 3. The molecule has 1 saturated heterocycles. The molecular weight excluding hydrogens is 248 g/mol. The molecule has 0 aromatic carbocycles. The van der Waals surface area contributed by atoms with Gasteiger partial charge < -0.3 is 10.1 Å². The van der Waals surface area contributed by atoms with Gasteiger partial charge in [-0.05, 0) is 31.7 Å². The molecule has 1 N–H and O–H groups in total. The summed E-state index contributed by atoms with van der Waals surface area (Å²) < 4.78 is 5.89. The molecule has 0 amide bonds. The van der Waals surface area contributed by atoms with Gasteiger partial charge in [-0.1, -0.05) is 39.5 Å². The van der Waals surface area contributed by atoms with Crippen LogP contribution < -0.4 is 5.32 Å². The third kappa shape index (κ3) is 5.34. The number of hydrogen-bond donors (Lipinski definition) is 1. The fourth-order valence-corrected chi connectivity index (χ4v) is 3.77. The Morgan fingerprint density at radius 1 is 1.15 bits per heavy atom. The van der Waals surface area contributed by atoms with E-state index in [0.717, 1.165) is 44.7 Å². The zero-order valence-electron chi connectivity index (χ0n) is 13.6. The Morgan fingerprint density at radius 2 is 2.05 bits per heavy atom. The Labute approximate surface area is 125 Å². The standard InChI is InChI=1S/C17H34N2O/c1-3-6-15-7-5-8-16(10-9-15)18-13-17-14-19(4-2)11-12-20-17/h15-18H,3-14H2,1-2H3. The Balaban J connectivity index is 1.66. The van der Waals surface area contributed by atoms with Gasteiger partial charge in [0, 0.05) is 25.7 Å². The van der Waals surface area contributed by atoms with Gasteiger partial charge >= 0.3 is 0 Å². The van der Waals surface area contributed by atoms with E-state index in [2.05, 4.69) is 24.1 Å². The minimum absolute atomic E-state index is 0.401. The van der Waals surface area contributed by atoms with Gasteiger partial charge in [0.25, 0.3) is 0 Å². The van der Waals surface area contributed by atoms with Crippen LogP contribution in [-0.2, 0) is 4.74 Å². The van der Waals surface area contributed by atoms with E-state index in [4.69, 9.17) is 4.74 Å². The summed E-state index contributed by atoms with van der Waals surface area (Å²) in [5, 5.41) is 3.79. The predicted molar refractivity (Wildman–Crippen MR) is 85.1 cm³/mol. The largest absolute Gasteiger partial charge is 0.374 e. The first-order valence-corrected chi connectivity index (χ1v) is 8.89. The Bertz CT molecular complexity index is 259. The van der Waals surface area contributed by atoms with Crippen molar-refractivity contribution in [3.63, 3.8) is 0 Å². The van der Waals surface area contributed by atoms with Crippen LogP contribution in [0.25, 0.3) is 0 Å². The van der Waals surface area contributed by atoms with Gasteiger partial charge in [0.05, 0.1) is 12.7 Å². The maximum atomic E-state index is 5.89. The van der Waals surface area contributed by atoms with Crippen LogP contribution >= 0.6 is 0 Å². The molecule has 0 aromatic rings. The van der Waals surface area contributed by atoms with Gasteiger partial charge in [-0.2, -0.15) is 0 Å². The lowest BCUT2D eigenvalue weighted by atomic mass is 9.95. The number of rotatable bonds is 6. The van der Waals surface area contributed by atoms with E-state index in [-0.39, 0.29) is 0 Å². The van der Waals surface area contributed by atoms with Crippen LogP contribution in [0.1, 0.15) is 58.8 Å². The highest BCUT2D eigenvalue weighted by molar-refractivity contribution is 4.78. The molecule has 0 bridgehead atoms. The van der Waals surface area contributed by atoms with Crippen molar-refractivity contribution in [1.82, 2.24) is 10.2 Å². The summed E-state index contributed by atoms with van der Waals surface area (Å²) in [5.41, 5.74) is 0. The zero-order chi connectivity index (χ0) is 14.2. The Kier molecular flexibility index (Phi) is 7.32. The molecule has 3 atom stereocenters. The number of likely N-dealkylation sites (N-methyl/N-ethyl adjacent to an activating group) is 1. The summed E-state index contributed by atoms with van der Waals surface area (Å²) >= 11 is 0. The maximum absolute atomic E-state index is 5.89. The van der Waals surface area contributed by atoms with E-state index in [1.165, 1.54) is 44.9 Å². The van der Waals surface area contributed by atoms with E-state index in [1.807, 2.05) is 0 Å². The third-order valence-electron chi connectivity index (χ3n) is 5.09. The van der Waals surface area contributed by atoms with Crippen molar-refractivity contribution in [2.24, 2.45) is 5.92 Å². The lowest BCUT2D eigenvalue weighted by Crippen LogP contribution is -2.48. The zero-order valence-corrected chi connectivity index (χ0v) is 13.6. The summed E-state index contributed by atoms with van der Waals surface area (Å²) in [5.74, 6) is 0.994.